The molecule has 2 aromatic rings. The predicted octanol–water partition coefficient (Wildman–Crippen LogP) is 2.45. The fraction of sp³-hybridized carbons (Fsp3) is 0.333. The first-order valence-electron chi connectivity index (χ1n) is 7.27. The van der Waals surface area contributed by atoms with Crippen molar-refractivity contribution in [1.82, 2.24) is 15.5 Å². The first-order chi connectivity index (χ1) is 11.4. The molecular weight excluding hydrogens is 335 g/mol. The number of aromatic nitrogens is 2. The monoisotopic (exact) mass is 350 g/mol. The summed E-state index contributed by atoms with van der Waals surface area (Å²) in [6.07, 6.45) is -0.874. The van der Waals surface area contributed by atoms with E-state index >= 15 is 0 Å². The molecule has 1 aromatic carbocycles. The highest BCUT2D eigenvalue weighted by Crippen LogP contribution is 2.28. The highest BCUT2D eigenvalue weighted by atomic mass is 32.1. The second-order valence-electron chi connectivity index (χ2n) is 5.36. The van der Waals surface area contributed by atoms with E-state index in [0.29, 0.717) is 29.6 Å². The Morgan fingerprint density at radius 3 is 2.96 bits per heavy atom. The minimum absolute atomic E-state index is 0.0964. The van der Waals surface area contributed by atoms with Crippen LogP contribution in [-0.4, -0.2) is 40.4 Å². The van der Waals surface area contributed by atoms with Crippen LogP contribution in [0.3, 0.4) is 0 Å². The molecule has 0 spiro atoms. The number of cyclic esters (lactones) is 1. The molecule has 2 heterocycles. The van der Waals surface area contributed by atoms with Gasteiger partial charge in [0.25, 0.3) is 5.89 Å². The number of rotatable bonds is 4. The molecule has 1 amide bonds. The number of ether oxygens (including phenoxy) is 1. The molecule has 0 unspecified atom stereocenters. The van der Waals surface area contributed by atoms with Crippen LogP contribution in [0.5, 0.6) is 0 Å². The third-order valence-corrected chi connectivity index (χ3v) is 3.62. The largest absolute Gasteiger partial charge is 0.442 e. The highest BCUT2D eigenvalue weighted by Gasteiger charge is 2.32. The van der Waals surface area contributed by atoms with E-state index in [1.165, 1.54) is 17.0 Å². The second kappa shape index (κ2) is 6.52. The molecule has 3 rings (SSSR count). The number of thiocarbonyl (C=S) groups is 1. The molecule has 0 radical (unpaired) electrons. The van der Waals surface area contributed by atoms with Crippen LogP contribution in [0.15, 0.2) is 22.7 Å². The summed E-state index contributed by atoms with van der Waals surface area (Å²) in [4.78, 5) is 18.0. The summed E-state index contributed by atoms with van der Waals surface area (Å²) in [6, 6.07) is 4.35. The Hall–Kier alpha value is -2.55. The number of carbonyl (C=O) groups is 1. The quantitative estimate of drug-likeness (QED) is 0.848. The number of hydrogen-bond donors (Lipinski definition) is 1. The van der Waals surface area contributed by atoms with Gasteiger partial charge < -0.3 is 14.6 Å². The third-order valence-electron chi connectivity index (χ3n) is 3.48. The Kier molecular flexibility index (Phi) is 4.43. The van der Waals surface area contributed by atoms with Gasteiger partial charge in [-0.25, -0.2) is 9.18 Å². The number of aryl methyl sites for hydroxylation is 1. The van der Waals surface area contributed by atoms with E-state index < -0.39 is 11.9 Å². The summed E-state index contributed by atoms with van der Waals surface area (Å²) in [5, 5.41) is 6.59. The smallest absolute Gasteiger partial charge is 0.414 e. The lowest BCUT2D eigenvalue weighted by Gasteiger charge is -2.14. The zero-order chi connectivity index (χ0) is 17.3. The summed E-state index contributed by atoms with van der Waals surface area (Å²) >= 11 is 4.93. The van der Waals surface area contributed by atoms with E-state index in [4.69, 9.17) is 21.5 Å². The molecule has 126 valence electrons. The highest BCUT2D eigenvalue weighted by molar-refractivity contribution is 7.80. The van der Waals surface area contributed by atoms with Gasteiger partial charge in [-0.05, 0) is 32.0 Å². The van der Waals surface area contributed by atoms with Crippen LogP contribution in [-0.2, 0) is 4.74 Å². The van der Waals surface area contributed by atoms with Crippen molar-refractivity contribution in [3.05, 3.63) is 29.8 Å². The number of carbonyl (C=O) groups excluding carboxylic acids is 1. The number of amides is 1. The average molecular weight is 350 g/mol. The van der Waals surface area contributed by atoms with Gasteiger partial charge in [-0.1, -0.05) is 17.4 Å². The van der Waals surface area contributed by atoms with Crippen LogP contribution < -0.4 is 10.2 Å². The van der Waals surface area contributed by atoms with Crippen molar-refractivity contribution in [2.75, 3.05) is 18.0 Å². The Bertz CT molecular complexity index is 795. The first kappa shape index (κ1) is 16.3. The Labute approximate surface area is 142 Å². The molecule has 24 heavy (non-hydrogen) atoms. The van der Waals surface area contributed by atoms with E-state index in [1.54, 1.807) is 19.9 Å². The summed E-state index contributed by atoms with van der Waals surface area (Å²) < 4.78 is 24.5. The molecule has 0 aliphatic carbocycles. The molecule has 1 saturated heterocycles. The lowest BCUT2D eigenvalue weighted by molar-refractivity contribution is 0.143. The topological polar surface area (TPSA) is 80.5 Å². The summed E-state index contributed by atoms with van der Waals surface area (Å²) in [7, 11) is 0. The fourth-order valence-electron chi connectivity index (χ4n) is 2.35. The molecule has 9 heteroatoms. The average Bonchev–Trinajstić information content (AvgIpc) is 3.11. The van der Waals surface area contributed by atoms with Gasteiger partial charge in [0, 0.05) is 0 Å². The number of nitrogens with one attached hydrogen (secondary N) is 1. The Balaban J connectivity index is 1.77. The molecule has 1 N–H and O–H groups in total. The molecule has 1 atom stereocenters. The standard InChI is InChI=1S/C15H15FN4O3S/c1-8-18-14(23-19-8)12-4-3-10(5-13(12)16)20-7-11(22-15(20)21)6-17-9(2)24/h3-5,11H,6-7H2,1-2H3,(H,17,24)/t11-/m0/s1. The summed E-state index contributed by atoms with van der Waals surface area (Å²) in [5.74, 6) is -0.0416. The number of anilines is 1. The number of hydrogen-bond acceptors (Lipinski definition) is 6. The fourth-order valence-corrected chi connectivity index (χ4v) is 2.43. The molecule has 7 nitrogen and oxygen atoms in total. The number of benzene rings is 1. The second-order valence-corrected chi connectivity index (χ2v) is 5.98. The number of nitrogens with zero attached hydrogens (tertiary/aromatic N) is 3. The van der Waals surface area contributed by atoms with Crippen LogP contribution in [0.4, 0.5) is 14.9 Å². The van der Waals surface area contributed by atoms with Gasteiger partial charge in [-0.2, -0.15) is 4.98 Å². The molecule has 1 aromatic heterocycles. The van der Waals surface area contributed by atoms with Gasteiger partial charge >= 0.3 is 6.09 Å². The lowest BCUT2D eigenvalue weighted by Crippen LogP contribution is -2.32. The molecule has 1 aliphatic heterocycles. The van der Waals surface area contributed by atoms with E-state index in [9.17, 15) is 9.18 Å². The Morgan fingerprint density at radius 1 is 1.54 bits per heavy atom. The minimum atomic E-state index is -0.555. The normalized spacial score (nSPS) is 17.0. The van der Waals surface area contributed by atoms with Crippen molar-refractivity contribution >= 4 is 29.0 Å². The van der Waals surface area contributed by atoms with Gasteiger partial charge in [0.2, 0.25) is 0 Å². The van der Waals surface area contributed by atoms with E-state index in [1.807, 2.05) is 0 Å². The van der Waals surface area contributed by atoms with Crippen molar-refractivity contribution in [3.8, 4) is 11.5 Å². The maximum Gasteiger partial charge on any atom is 0.414 e. The minimum Gasteiger partial charge on any atom is -0.442 e. The first-order valence-corrected chi connectivity index (χ1v) is 7.67. The van der Waals surface area contributed by atoms with Gasteiger partial charge in [0.1, 0.15) is 11.9 Å². The van der Waals surface area contributed by atoms with E-state index in [0.717, 1.165) is 0 Å². The van der Waals surface area contributed by atoms with Crippen LogP contribution in [0.2, 0.25) is 0 Å². The number of halogens is 1. The van der Waals surface area contributed by atoms with Crippen LogP contribution in [0, 0.1) is 12.7 Å². The van der Waals surface area contributed by atoms with Crippen molar-refractivity contribution < 1.29 is 18.4 Å². The zero-order valence-corrected chi connectivity index (χ0v) is 13.9. The van der Waals surface area contributed by atoms with Crippen molar-refractivity contribution in [3.63, 3.8) is 0 Å². The van der Waals surface area contributed by atoms with Gasteiger partial charge in [-0.3, -0.25) is 4.90 Å². The summed E-state index contributed by atoms with van der Waals surface area (Å²) in [6.45, 7) is 4.12. The maximum absolute atomic E-state index is 14.3. The molecular formula is C15H15FN4O3S. The molecule has 0 saturated carbocycles. The van der Waals surface area contributed by atoms with Crippen molar-refractivity contribution in [2.24, 2.45) is 0 Å². The van der Waals surface area contributed by atoms with Crippen LogP contribution in [0.1, 0.15) is 12.7 Å². The molecule has 1 aliphatic rings. The SMILES string of the molecule is CC(=S)NC[C@H]1CN(c2ccc(-c3nc(C)no3)c(F)c2)C(=O)O1. The maximum atomic E-state index is 14.3. The van der Waals surface area contributed by atoms with Crippen molar-refractivity contribution in [2.45, 2.75) is 20.0 Å². The van der Waals surface area contributed by atoms with Gasteiger partial charge in [0.15, 0.2) is 5.82 Å². The van der Waals surface area contributed by atoms with Crippen molar-refractivity contribution in [1.29, 1.82) is 0 Å². The molecule has 1 fully saturated rings. The Morgan fingerprint density at radius 2 is 2.33 bits per heavy atom. The van der Waals surface area contributed by atoms with Gasteiger partial charge in [0.05, 0.1) is 29.3 Å². The predicted molar refractivity (Wildman–Crippen MR) is 88.3 cm³/mol. The lowest BCUT2D eigenvalue weighted by atomic mass is 10.1. The molecule has 0 bridgehead atoms. The zero-order valence-electron chi connectivity index (χ0n) is 13.1. The van der Waals surface area contributed by atoms with Gasteiger partial charge in [-0.15, -0.1) is 0 Å². The van der Waals surface area contributed by atoms with Crippen LogP contribution in [0.25, 0.3) is 11.5 Å². The third kappa shape index (κ3) is 3.35. The van der Waals surface area contributed by atoms with Crippen LogP contribution >= 0.6 is 12.2 Å². The summed E-state index contributed by atoms with van der Waals surface area (Å²) in [5.41, 5.74) is 0.584. The van der Waals surface area contributed by atoms with E-state index in [2.05, 4.69) is 15.5 Å². The van der Waals surface area contributed by atoms with E-state index in [-0.39, 0.29) is 17.6 Å².